The summed E-state index contributed by atoms with van der Waals surface area (Å²) >= 11 is 0. The van der Waals surface area contributed by atoms with E-state index in [9.17, 15) is 4.79 Å². The fraction of sp³-hybridized carbons (Fsp3) is 0.286. The summed E-state index contributed by atoms with van der Waals surface area (Å²) in [6, 6.07) is 8.29. The minimum atomic E-state index is -0.344. The molecule has 7 nitrogen and oxygen atoms in total. The smallest absolute Gasteiger partial charge is 0.344 e. The topological polar surface area (TPSA) is 75.7 Å². The molecule has 0 unspecified atom stereocenters. The van der Waals surface area contributed by atoms with Crippen molar-refractivity contribution in [2.45, 2.75) is 19.9 Å². The second-order valence-corrected chi connectivity index (χ2v) is 7.39. The van der Waals surface area contributed by atoms with Crippen molar-refractivity contribution in [2.24, 2.45) is 0 Å². The van der Waals surface area contributed by atoms with Crippen molar-refractivity contribution in [1.29, 1.82) is 0 Å². The highest BCUT2D eigenvalue weighted by Gasteiger charge is 2.17. The van der Waals surface area contributed by atoms with Crippen LogP contribution in [0, 0.1) is 6.92 Å². The molecule has 3 aromatic heterocycles. The Morgan fingerprint density at radius 3 is 3.00 bits per heavy atom. The first kappa shape index (κ1) is 16.9. The van der Waals surface area contributed by atoms with Crippen molar-refractivity contribution in [3.8, 4) is 11.5 Å². The molecular formula is C21H21N5O2. The molecule has 1 fully saturated rings. The van der Waals surface area contributed by atoms with Gasteiger partial charge >= 0.3 is 5.63 Å². The van der Waals surface area contributed by atoms with Crippen molar-refractivity contribution in [1.82, 2.24) is 19.7 Å². The van der Waals surface area contributed by atoms with Gasteiger partial charge in [-0.2, -0.15) is 0 Å². The molecule has 0 radical (unpaired) electrons. The highest BCUT2D eigenvalue weighted by atomic mass is 16.4. The SMILES string of the molecule is Cc1cn2cc(-c3cc4ccc(N5CCN[C@@H](C)C5)cc4c(=O)o3)nc2cn1. The molecular weight excluding hydrogens is 354 g/mol. The van der Waals surface area contributed by atoms with Crippen molar-refractivity contribution in [3.63, 3.8) is 0 Å². The molecule has 0 spiro atoms. The third-order valence-corrected chi connectivity index (χ3v) is 5.20. The van der Waals surface area contributed by atoms with Gasteiger partial charge in [-0.3, -0.25) is 4.98 Å². The maximum absolute atomic E-state index is 12.7. The van der Waals surface area contributed by atoms with Crippen LogP contribution in [-0.2, 0) is 0 Å². The van der Waals surface area contributed by atoms with Crippen molar-refractivity contribution in [3.05, 3.63) is 59.0 Å². The maximum atomic E-state index is 12.7. The van der Waals surface area contributed by atoms with Crippen LogP contribution in [0.15, 0.2) is 52.1 Å². The van der Waals surface area contributed by atoms with E-state index in [1.807, 2.05) is 41.9 Å². The highest BCUT2D eigenvalue weighted by Crippen LogP contribution is 2.25. The number of aromatic nitrogens is 3. The zero-order valence-corrected chi connectivity index (χ0v) is 15.8. The number of nitrogens with zero attached hydrogens (tertiary/aromatic N) is 4. The highest BCUT2D eigenvalue weighted by molar-refractivity contribution is 5.87. The lowest BCUT2D eigenvalue weighted by atomic mass is 10.1. The molecule has 1 aliphatic rings. The molecule has 28 heavy (non-hydrogen) atoms. The van der Waals surface area contributed by atoms with Crippen LogP contribution in [0.2, 0.25) is 0 Å². The number of piperazine rings is 1. The number of rotatable bonds is 2. The Morgan fingerprint density at radius 1 is 1.25 bits per heavy atom. The Hall–Kier alpha value is -3.19. The third-order valence-electron chi connectivity index (χ3n) is 5.20. The van der Waals surface area contributed by atoms with E-state index in [0.717, 1.165) is 36.4 Å². The van der Waals surface area contributed by atoms with Crippen LogP contribution in [0.3, 0.4) is 0 Å². The summed E-state index contributed by atoms with van der Waals surface area (Å²) in [7, 11) is 0. The van der Waals surface area contributed by atoms with Crippen molar-refractivity contribution >= 4 is 22.1 Å². The van der Waals surface area contributed by atoms with Gasteiger partial charge in [-0.15, -0.1) is 0 Å². The van der Waals surface area contributed by atoms with Crippen molar-refractivity contribution in [2.75, 3.05) is 24.5 Å². The average molecular weight is 375 g/mol. The number of fused-ring (bicyclic) bond motifs is 2. The summed E-state index contributed by atoms with van der Waals surface area (Å²) in [5.74, 6) is 0.461. The van der Waals surface area contributed by atoms with Gasteiger partial charge in [0.05, 0.1) is 17.3 Å². The number of hydrogen-bond donors (Lipinski definition) is 1. The first-order chi connectivity index (χ1) is 13.6. The number of anilines is 1. The molecule has 1 N–H and O–H groups in total. The summed E-state index contributed by atoms with van der Waals surface area (Å²) in [6.45, 7) is 6.87. The average Bonchev–Trinajstić information content (AvgIpc) is 3.11. The number of hydrogen-bond acceptors (Lipinski definition) is 6. The van der Waals surface area contributed by atoms with Gasteiger partial charge in [0.15, 0.2) is 11.4 Å². The first-order valence-electron chi connectivity index (χ1n) is 9.45. The summed E-state index contributed by atoms with van der Waals surface area (Å²) in [6.07, 6.45) is 5.45. The van der Waals surface area contributed by atoms with Crippen LogP contribution in [0.25, 0.3) is 27.9 Å². The van der Waals surface area contributed by atoms with E-state index < -0.39 is 0 Å². The number of nitrogens with one attached hydrogen (secondary N) is 1. The summed E-state index contributed by atoms with van der Waals surface area (Å²) in [5, 5.41) is 4.88. The molecule has 1 aliphatic heterocycles. The number of imidazole rings is 1. The van der Waals surface area contributed by atoms with E-state index in [4.69, 9.17) is 4.42 Å². The molecule has 1 saturated heterocycles. The lowest BCUT2D eigenvalue weighted by molar-refractivity contribution is 0.485. The summed E-state index contributed by atoms with van der Waals surface area (Å²) < 4.78 is 7.50. The van der Waals surface area contributed by atoms with E-state index >= 15 is 0 Å². The zero-order valence-electron chi connectivity index (χ0n) is 15.8. The molecule has 4 aromatic rings. The minimum absolute atomic E-state index is 0.344. The van der Waals surface area contributed by atoms with E-state index in [-0.39, 0.29) is 5.63 Å². The van der Waals surface area contributed by atoms with Crippen LogP contribution in [0.4, 0.5) is 5.69 Å². The van der Waals surface area contributed by atoms with Crippen LogP contribution >= 0.6 is 0 Å². The number of benzene rings is 1. The Bertz CT molecular complexity index is 1240. The molecule has 1 aromatic carbocycles. The Labute approximate surface area is 161 Å². The molecule has 0 aliphatic carbocycles. The Balaban J connectivity index is 1.56. The quantitative estimate of drug-likeness (QED) is 0.580. The van der Waals surface area contributed by atoms with Crippen LogP contribution in [0.1, 0.15) is 12.6 Å². The molecule has 5 rings (SSSR count). The second-order valence-electron chi connectivity index (χ2n) is 7.39. The van der Waals surface area contributed by atoms with Gasteiger partial charge in [0.2, 0.25) is 0 Å². The van der Waals surface area contributed by atoms with E-state index in [1.165, 1.54) is 0 Å². The van der Waals surface area contributed by atoms with Gasteiger partial charge in [0, 0.05) is 43.8 Å². The normalized spacial score (nSPS) is 17.5. The fourth-order valence-corrected chi connectivity index (χ4v) is 3.78. The molecule has 1 atom stereocenters. The monoisotopic (exact) mass is 375 g/mol. The van der Waals surface area contributed by atoms with Gasteiger partial charge in [0.1, 0.15) is 5.69 Å². The third kappa shape index (κ3) is 2.93. The first-order valence-corrected chi connectivity index (χ1v) is 9.45. The Kier molecular flexibility index (Phi) is 3.91. The molecule has 7 heteroatoms. The second kappa shape index (κ2) is 6.45. The summed E-state index contributed by atoms with van der Waals surface area (Å²) in [5.41, 5.74) is 2.93. The molecule has 0 amide bonds. The predicted molar refractivity (Wildman–Crippen MR) is 109 cm³/mol. The van der Waals surface area contributed by atoms with E-state index in [0.29, 0.717) is 28.5 Å². The van der Waals surface area contributed by atoms with Gasteiger partial charge in [-0.1, -0.05) is 6.07 Å². The molecule has 142 valence electrons. The maximum Gasteiger partial charge on any atom is 0.344 e. The fourth-order valence-electron chi connectivity index (χ4n) is 3.78. The summed E-state index contributed by atoms with van der Waals surface area (Å²) in [4.78, 5) is 23.8. The van der Waals surface area contributed by atoms with Gasteiger partial charge in [-0.25, -0.2) is 9.78 Å². The van der Waals surface area contributed by atoms with Crippen molar-refractivity contribution < 1.29 is 4.42 Å². The Morgan fingerprint density at radius 2 is 2.14 bits per heavy atom. The standard InChI is InChI=1S/C21H21N5O2/c1-13-10-25(6-5-22-13)16-4-3-15-7-19(28-21(27)17(15)8-16)18-12-26-11-14(2)23-9-20(26)24-18/h3-4,7-9,11-13,22H,5-6,10H2,1-2H3/t13-/m0/s1. The van der Waals surface area contributed by atoms with Crippen LogP contribution in [0.5, 0.6) is 0 Å². The lowest BCUT2D eigenvalue weighted by Crippen LogP contribution is -2.49. The zero-order chi connectivity index (χ0) is 19.3. The minimum Gasteiger partial charge on any atom is -0.421 e. The van der Waals surface area contributed by atoms with E-state index in [1.54, 1.807) is 6.20 Å². The molecule has 4 heterocycles. The lowest BCUT2D eigenvalue weighted by Gasteiger charge is -2.33. The van der Waals surface area contributed by atoms with Gasteiger partial charge in [-0.05, 0) is 37.4 Å². The van der Waals surface area contributed by atoms with Gasteiger partial charge in [0.25, 0.3) is 0 Å². The van der Waals surface area contributed by atoms with Crippen LogP contribution in [-0.4, -0.2) is 40.0 Å². The largest absolute Gasteiger partial charge is 0.421 e. The predicted octanol–water partition coefficient (Wildman–Crippen LogP) is 2.61. The number of aryl methyl sites for hydroxylation is 1. The van der Waals surface area contributed by atoms with Gasteiger partial charge < -0.3 is 19.0 Å². The van der Waals surface area contributed by atoms with E-state index in [2.05, 4.69) is 33.2 Å². The molecule has 0 bridgehead atoms. The molecule has 0 saturated carbocycles. The van der Waals surface area contributed by atoms with Crippen LogP contribution < -0.4 is 15.8 Å².